The zero-order chi connectivity index (χ0) is 11.5. The van der Waals surface area contributed by atoms with E-state index in [1.165, 1.54) is 19.3 Å². The largest absolute Gasteiger partial charge is 0.481 e. The van der Waals surface area contributed by atoms with Crippen LogP contribution in [-0.4, -0.2) is 17.1 Å². The van der Waals surface area contributed by atoms with Gasteiger partial charge < -0.3 is 10.8 Å². The summed E-state index contributed by atoms with van der Waals surface area (Å²) in [6.45, 7) is 4.07. The Balaban J connectivity index is 2.60. The molecule has 3 N–H and O–H groups in total. The van der Waals surface area contributed by atoms with E-state index in [1.54, 1.807) is 0 Å². The van der Waals surface area contributed by atoms with Gasteiger partial charge in [0.05, 0.1) is 6.42 Å². The van der Waals surface area contributed by atoms with Crippen molar-refractivity contribution >= 4 is 5.97 Å². The number of aliphatic carboxylic acids is 1. The minimum atomic E-state index is -0.722. The van der Waals surface area contributed by atoms with Crippen LogP contribution in [0.15, 0.2) is 0 Å². The highest BCUT2D eigenvalue weighted by Gasteiger charge is 2.36. The Hall–Kier alpha value is -0.570. The average Bonchev–Trinajstić information content (AvgIpc) is 2.09. The van der Waals surface area contributed by atoms with Crippen LogP contribution < -0.4 is 5.73 Å². The molecule has 3 heteroatoms. The highest BCUT2D eigenvalue weighted by atomic mass is 16.4. The van der Waals surface area contributed by atoms with Crippen LogP contribution in [0, 0.1) is 11.3 Å². The molecule has 0 amide bonds. The van der Waals surface area contributed by atoms with E-state index in [9.17, 15) is 4.79 Å². The van der Waals surface area contributed by atoms with E-state index in [-0.39, 0.29) is 17.9 Å². The molecule has 0 aromatic carbocycles. The Labute approximate surface area is 92.0 Å². The van der Waals surface area contributed by atoms with E-state index in [1.807, 2.05) is 13.8 Å². The molecule has 2 unspecified atom stereocenters. The molecule has 88 valence electrons. The zero-order valence-electron chi connectivity index (χ0n) is 9.83. The monoisotopic (exact) mass is 213 g/mol. The molecule has 0 aromatic heterocycles. The van der Waals surface area contributed by atoms with E-state index in [0.717, 1.165) is 12.8 Å². The SMILES string of the molecule is CCC(N)C(C)(CC(=O)O)CC1CCC1. The molecule has 2 atom stereocenters. The topological polar surface area (TPSA) is 63.3 Å². The molecule has 1 fully saturated rings. The maximum Gasteiger partial charge on any atom is 0.303 e. The van der Waals surface area contributed by atoms with Gasteiger partial charge in [-0.1, -0.05) is 33.1 Å². The van der Waals surface area contributed by atoms with Gasteiger partial charge in [0.2, 0.25) is 0 Å². The van der Waals surface area contributed by atoms with Crippen LogP contribution in [0.25, 0.3) is 0 Å². The van der Waals surface area contributed by atoms with E-state index >= 15 is 0 Å². The number of carbonyl (C=O) groups is 1. The molecule has 0 spiro atoms. The molecule has 0 aromatic rings. The molecule has 0 heterocycles. The van der Waals surface area contributed by atoms with Crippen molar-refractivity contribution in [3.8, 4) is 0 Å². The van der Waals surface area contributed by atoms with Crippen LogP contribution in [0.3, 0.4) is 0 Å². The molecule has 1 aliphatic rings. The summed E-state index contributed by atoms with van der Waals surface area (Å²) in [6.07, 6.45) is 5.86. The minimum absolute atomic E-state index is 0.00852. The van der Waals surface area contributed by atoms with Gasteiger partial charge in [0.25, 0.3) is 0 Å². The molecule has 1 rings (SSSR count). The lowest BCUT2D eigenvalue weighted by molar-refractivity contribution is -0.140. The first kappa shape index (κ1) is 12.5. The van der Waals surface area contributed by atoms with E-state index < -0.39 is 5.97 Å². The molecule has 0 radical (unpaired) electrons. The summed E-state index contributed by atoms with van der Waals surface area (Å²) >= 11 is 0. The third-order valence-electron chi connectivity index (χ3n) is 3.87. The highest BCUT2D eigenvalue weighted by molar-refractivity contribution is 5.67. The van der Waals surface area contributed by atoms with Gasteiger partial charge in [-0.2, -0.15) is 0 Å². The summed E-state index contributed by atoms with van der Waals surface area (Å²) in [5, 5.41) is 8.94. The minimum Gasteiger partial charge on any atom is -0.481 e. The smallest absolute Gasteiger partial charge is 0.303 e. The normalized spacial score (nSPS) is 22.9. The van der Waals surface area contributed by atoms with Crippen LogP contribution in [0.2, 0.25) is 0 Å². The fraction of sp³-hybridized carbons (Fsp3) is 0.917. The zero-order valence-corrected chi connectivity index (χ0v) is 9.83. The second-order valence-corrected chi connectivity index (χ2v) is 5.24. The van der Waals surface area contributed by atoms with Crippen molar-refractivity contribution < 1.29 is 9.90 Å². The van der Waals surface area contributed by atoms with Crippen molar-refractivity contribution in [2.24, 2.45) is 17.1 Å². The Kier molecular flexibility index (Phi) is 4.14. The van der Waals surface area contributed by atoms with Crippen molar-refractivity contribution in [2.45, 2.75) is 58.4 Å². The number of carboxylic acids is 1. The van der Waals surface area contributed by atoms with Crippen LogP contribution in [-0.2, 0) is 4.79 Å². The molecule has 1 aliphatic carbocycles. The lowest BCUT2D eigenvalue weighted by atomic mass is 9.67. The second kappa shape index (κ2) is 4.97. The van der Waals surface area contributed by atoms with Crippen molar-refractivity contribution in [3.05, 3.63) is 0 Å². The fourth-order valence-electron chi connectivity index (χ4n) is 2.55. The number of hydrogen-bond donors (Lipinski definition) is 2. The molecule has 0 bridgehead atoms. The maximum absolute atomic E-state index is 10.9. The van der Waals surface area contributed by atoms with Gasteiger partial charge in [-0.3, -0.25) is 4.79 Å². The summed E-state index contributed by atoms with van der Waals surface area (Å²) in [5.74, 6) is -0.00678. The first-order valence-corrected chi connectivity index (χ1v) is 5.95. The average molecular weight is 213 g/mol. The van der Waals surface area contributed by atoms with Gasteiger partial charge in [-0.15, -0.1) is 0 Å². The number of hydrogen-bond acceptors (Lipinski definition) is 2. The van der Waals surface area contributed by atoms with Crippen molar-refractivity contribution in [1.82, 2.24) is 0 Å². The molecule has 15 heavy (non-hydrogen) atoms. The third-order valence-corrected chi connectivity index (χ3v) is 3.87. The lowest BCUT2D eigenvalue weighted by Gasteiger charge is -2.39. The molecular formula is C12H23NO2. The van der Waals surface area contributed by atoms with Crippen molar-refractivity contribution in [1.29, 1.82) is 0 Å². The van der Waals surface area contributed by atoms with Crippen LogP contribution in [0.4, 0.5) is 0 Å². The Morgan fingerprint density at radius 2 is 2.20 bits per heavy atom. The molecule has 0 aliphatic heterocycles. The number of carboxylic acid groups (broad SMARTS) is 1. The van der Waals surface area contributed by atoms with Crippen LogP contribution >= 0.6 is 0 Å². The van der Waals surface area contributed by atoms with E-state index in [0.29, 0.717) is 5.92 Å². The second-order valence-electron chi connectivity index (χ2n) is 5.24. The predicted octanol–water partition coefficient (Wildman–Crippen LogP) is 2.39. The fourth-order valence-corrected chi connectivity index (χ4v) is 2.55. The first-order valence-electron chi connectivity index (χ1n) is 5.95. The first-order chi connectivity index (χ1) is 6.98. The molecular weight excluding hydrogens is 190 g/mol. The standard InChI is InChI=1S/C12H23NO2/c1-3-10(13)12(2,8-11(14)15)7-9-5-4-6-9/h9-10H,3-8,13H2,1-2H3,(H,14,15). The Bertz CT molecular complexity index is 226. The summed E-state index contributed by atoms with van der Waals surface area (Å²) in [7, 11) is 0. The van der Waals surface area contributed by atoms with Gasteiger partial charge in [0.1, 0.15) is 0 Å². The number of nitrogens with two attached hydrogens (primary N) is 1. The quantitative estimate of drug-likeness (QED) is 0.712. The summed E-state index contributed by atoms with van der Waals surface area (Å²) in [5.41, 5.74) is 5.85. The Morgan fingerprint density at radius 3 is 2.53 bits per heavy atom. The van der Waals surface area contributed by atoms with Gasteiger partial charge in [-0.25, -0.2) is 0 Å². The molecule has 0 saturated heterocycles. The molecule has 3 nitrogen and oxygen atoms in total. The summed E-state index contributed by atoms with van der Waals surface area (Å²) in [4.78, 5) is 10.9. The summed E-state index contributed by atoms with van der Waals surface area (Å²) in [6, 6.07) is 0.00852. The number of rotatable bonds is 6. The lowest BCUT2D eigenvalue weighted by Crippen LogP contribution is -2.42. The van der Waals surface area contributed by atoms with Gasteiger partial charge in [0.15, 0.2) is 0 Å². The predicted molar refractivity (Wildman–Crippen MR) is 60.6 cm³/mol. The van der Waals surface area contributed by atoms with Gasteiger partial charge in [0, 0.05) is 6.04 Å². The van der Waals surface area contributed by atoms with Gasteiger partial charge in [-0.05, 0) is 24.2 Å². The van der Waals surface area contributed by atoms with Crippen molar-refractivity contribution in [3.63, 3.8) is 0 Å². The Morgan fingerprint density at radius 1 is 1.60 bits per heavy atom. The van der Waals surface area contributed by atoms with Gasteiger partial charge >= 0.3 is 5.97 Å². The molecule has 1 saturated carbocycles. The maximum atomic E-state index is 10.9. The van der Waals surface area contributed by atoms with Crippen molar-refractivity contribution in [2.75, 3.05) is 0 Å². The van der Waals surface area contributed by atoms with E-state index in [4.69, 9.17) is 10.8 Å². The highest BCUT2D eigenvalue weighted by Crippen LogP contribution is 2.41. The van der Waals surface area contributed by atoms with E-state index in [2.05, 4.69) is 0 Å². The third kappa shape index (κ3) is 3.20. The van der Waals surface area contributed by atoms with Crippen LogP contribution in [0.5, 0.6) is 0 Å². The summed E-state index contributed by atoms with van der Waals surface area (Å²) < 4.78 is 0. The van der Waals surface area contributed by atoms with Crippen LogP contribution in [0.1, 0.15) is 52.4 Å².